The minimum Gasteiger partial charge on any atom is -0.399 e. The van der Waals surface area contributed by atoms with Crippen LogP contribution in [0.5, 0.6) is 0 Å². The molecule has 0 spiro atoms. The van der Waals surface area contributed by atoms with Gasteiger partial charge in [0.05, 0.1) is 0 Å². The molecule has 7 heteroatoms. The van der Waals surface area contributed by atoms with Crippen LogP contribution in [0.2, 0.25) is 0 Å². The number of likely N-dealkylation sites (N-methyl/N-ethyl adjacent to an activating group) is 1. The Balaban J connectivity index is 1.84. The van der Waals surface area contributed by atoms with Crippen molar-refractivity contribution < 1.29 is 18.0 Å². The number of carbonyl (C=O) groups excluding carboxylic acids is 1. The summed E-state index contributed by atoms with van der Waals surface area (Å²) in [6.07, 6.45) is 1.33. The second-order valence-electron chi connectivity index (χ2n) is 7.75. The number of benzene rings is 1. The number of rotatable bonds is 4. The van der Waals surface area contributed by atoms with Crippen molar-refractivity contribution in [1.82, 2.24) is 9.80 Å². The fraction of sp³-hybridized carbons (Fsp3) is 0.650. The van der Waals surface area contributed by atoms with Crippen molar-refractivity contribution in [2.75, 3.05) is 25.9 Å². The highest BCUT2D eigenvalue weighted by Crippen LogP contribution is 2.38. The molecule has 0 bridgehead atoms. The van der Waals surface area contributed by atoms with Crippen LogP contribution in [-0.2, 0) is 4.79 Å². The highest BCUT2D eigenvalue weighted by Gasteiger charge is 2.49. The van der Waals surface area contributed by atoms with E-state index in [-0.39, 0.29) is 17.6 Å². The molecule has 2 N–H and O–H groups in total. The van der Waals surface area contributed by atoms with Gasteiger partial charge < -0.3 is 10.6 Å². The number of nitrogens with two attached hydrogens (primary N) is 1. The second kappa shape index (κ2) is 8.09. The van der Waals surface area contributed by atoms with Crippen LogP contribution in [0, 0.1) is 0 Å². The van der Waals surface area contributed by atoms with Crippen molar-refractivity contribution in [2.45, 2.75) is 62.7 Å². The Morgan fingerprint density at radius 1 is 1.11 bits per heavy atom. The minimum absolute atomic E-state index is 0.0536. The van der Waals surface area contributed by atoms with Gasteiger partial charge in [0, 0.05) is 24.8 Å². The Kier molecular flexibility index (Phi) is 5.99. The molecule has 150 valence electrons. The van der Waals surface area contributed by atoms with E-state index in [0.717, 1.165) is 51.6 Å². The van der Waals surface area contributed by atoms with E-state index in [0.29, 0.717) is 5.69 Å². The fourth-order valence-electron chi connectivity index (χ4n) is 4.57. The molecule has 1 saturated heterocycles. The fourth-order valence-corrected chi connectivity index (χ4v) is 4.57. The first-order valence-electron chi connectivity index (χ1n) is 9.72. The average Bonchev–Trinajstić information content (AvgIpc) is 3.16. The van der Waals surface area contributed by atoms with Crippen LogP contribution in [0.25, 0.3) is 0 Å². The zero-order valence-corrected chi connectivity index (χ0v) is 15.7. The van der Waals surface area contributed by atoms with Crippen LogP contribution in [0.15, 0.2) is 24.3 Å². The molecule has 4 nitrogen and oxygen atoms in total. The number of amides is 1. The third-order valence-electron chi connectivity index (χ3n) is 5.99. The summed E-state index contributed by atoms with van der Waals surface area (Å²) in [6, 6.07) is 5.43. The number of hydrogen-bond donors (Lipinski definition) is 1. The van der Waals surface area contributed by atoms with Gasteiger partial charge >= 0.3 is 6.18 Å². The molecule has 1 saturated carbocycles. The molecule has 1 unspecified atom stereocenters. The summed E-state index contributed by atoms with van der Waals surface area (Å²) in [5, 5.41) is 0. The van der Waals surface area contributed by atoms with Gasteiger partial charge in [0.15, 0.2) is 5.92 Å². The zero-order valence-electron chi connectivity index (χ0n) is 15.7. The summed E-state index contributed by atoms with van der Waals surface area (Å²) in [6.45, 7) is 1.95. The topological polar surface area (TPSA) is 49.6 Å². The minimum atomic E-state index is -4.64. The van der Waals surface area contributed by atoms with Crippen LogP contribution in [0.1, 0.15) is 50.0 Å². The maximum absolute atomic E-state index is 13.8. The highest BCUT2D eigenvalue weighted by atomic mass is 19.4. The summed E-state index contributed by atoms with van der Waals surface area (Å²) in [5.41, 5.74) is 5.92. The number of alkyl halides is 3. The third-order valence-corrected chi connectivity index (χ3v) is 5.99. The maximum atomic E-state index is 13.8. The Labute approximate surface area is 158 Å². The normalized spacial score (nSPS) is 25.3. The number of nitrogen functional groups attached to an aromatic ring is 1. The number of anilines is 1. The molecule has 3 atom stereocenters. The van der Waals surface area contributed by atoms with E-state index in [1.807, 2.05) is 0 Å². The quantitative estimate of drug-likeness (QED) is 0.805. The largest absolute Gasteiger partial charge is 0.404 e. The molecule has 0 radical (unpaired) electrons. The van der Waals surface area contributed by atoms with Crippen molar-refractivity contribution in [3.8, 4) is 0 Å². The van der Waals surface area contributed by atoms with Gasteiger partial charge in [-0.2, -0.15) is 13.2 Å². The van der Waals surface area contributed by atoms with E-state index < -0.39 is 18.0 Å². The summed E-state index contributed by atoms with van der Waals surface area (Å²) in [4.78, 5) is 16.7. The molecule has 27 heavy (non-hydrogen) atoms. The molecule has 1 aromatic rings. The van der Waals surface area contributed by atoms with Crippen molar-refractivity contribution in [1.29, 1.82) is 0 Å². The molecule has 3 rings (SSSR count). The monoisotopic (exact) mass is 383 g/mol. The second-order valence-corrected chi connectivity index (χ2v) is 7.75. The lowest BCUT2D eigenvalue weighted by atomic mass is 9.87. The SMILES string of the molecule is CN(C(=O)C(c1ccc(N)cc1)C(F)(F)F)[C@@H]1CCCC[C@H]1N1CCCC1. The van der Waals surface area contributed by atoms with Crippen LogP contribution >= 0.6 is 0 Å². The van der Waals surface area contributed by atoms with Gasteiger partial charge in [0.2, 0.25) is 5.91 Å². The average molecular weight is 383 g/mol. The third kappa shape index (κ3) is 4.39. The number of nitrogens with zero attached hydrogens (tertiary/aromatic N) is 2. The highest BCUT2D eigenvalue weighted by molar-refractivity contribution is 5.85. The van der Waals surface area contributed by atoms with Crippen LogP contribution in [-0.4, -0.2) is 54.1 Å². The number of likely N-dealkylation sites (tertiary alicyclic amines) is 1. The Bertz CT molecular complexity index is 641. The van der Waals surface area contributed by atoms with E-state index in [9.17, 15) is 18.0 Å². The van der Waals surface area contributed by atoms with Crippen LogP contribution < -0.4 is 5.73 Å². The van der Waals surface area contributed by atoms with Crippen molar-refractivity contribution in [3.05, 3.63) is 29.8 Å². The van der Waals surface area contributed by atoms with Gasteiger partial charge in [-0.3, -0.25) is 9.69 Å². The van der Waals surface area contributed by atoms with Crippen molar-refractivity contribution in [3.63, 3.8) is 0 Å². The first kappa shape index (κ1) is 20.0. The predicted molar refractivity (Wildman–Crippen MR) is 99.3 cm³/mol. The molecule has 1 aliphatic carbocycles. The van der Waals surface area contributed by atoms with E-state index >= 15 is 0 Å². The number of carbonyl (C=O) groups is 1. The smallest absolute Gasteiger partial charge is 0.399 e. The van der Waals surface area contributed by atoms with E-state index in [1.54, 1.807) is 0 Å². The summed E-state index contributed by atoms with van der Waals surface area (Å²) in [5.74, 6) is -3.02. The maximum Gasteiger partial charge on any atom is 0.404 e. The zero-order chi connectivity index (χ0) is 19.6. The molecule has 1 aliphatic heterocycles. The van der Waals surface area contributed by atoms with Gasteiger partial charge in [0.25, 0.3) is 0 Å². The predicted octanol–water partition coefficient (Wildman–Crippen LogP) is 3.78. The van der Waals surface area contributed by atoms with E-state index in [1.165, 1.54) is 36.2 Å². The lowest BCUT2D eigenvalue weighted by Crippen LogP contribution is -2.55. The first-order valence-corrected chi connectivity index (χ1v) is 9.72. The molecular formula is C20H28F3N3O. The van der Waals surface area contributed by atoms with E-state index in [2.05, 4.69) is 4.90 Å². The molecule has 1 aromatic carbocycles. The van der Waals surface area contributed by atoms with Gasteiger partial charge in [0.1, 0.15) is 0 Å². The number of hydrogen-bond acceptors (Lipinski definition) is 3. The van der Waals surface area contributed by atoms with Gasteiger partial charge in [-0.15, -0.1) is 0 Å². The van der Waals surface area contributed by atoms with Crippen molar-refractivity contribution in [2.24, 2.45) is 0 Å². The Morgan fingerprint density at radius 3 is 2.30 bits per heavy atom. The molecule has 2 aliphatic rings. The van der Waals surface area contributed by atoms with Crippen molar-refractivity contribution >= 4 is 11.6 Å². The first-order chi connectivity index (χ1) is 12.8. The molecule has 0 aromatic heterocycles. The summed E-state index contributed by atoms with van der Waals surface area (Å²) in [7, 11) is 1.54. The van der Waals surface area contributed by atoms with Gasteiger partial charge in [-0.1, -0.05) is 25.0 Å². The number of halogens is 3. The summed E-state index contributed by atoms with van der Waals surface area (Å²) < 4.78 is 41.4. The molecule has 2 fully saturated rings. The standard InChI is InChI=1S/C20H28F3N3O/c1-25(16-6-2-3-7-17(16)26-12-4-5-13-26)19(27)18(20(21,22)23)14-8-10-15(24)11-9-14/h8-11,16-18H,2-7,12-13,24H2,1H3/t16-,17-,18?/m1/s1. The van der Waals surface area contributed by atoms with Gasteiger partial charge in [-0.25, -0.2) is 0 Å². The summed E-state index contributed by atoms with van der Waals surface area (Å²) >= 11 is 0. The molecule has 1 heterocycles. The Hall–Kier alpha value is -1.76. The van der Waals surface area contributed by atoms with E-state index in [4.69, 9.17) is 5.73 Å². The van der Waals surface area contributed by atoms with Crippen LogP contribution in [0.4, 0.5) is 18.9 Å². The molecule has 1 amide bonds. The molecular weight excluding hydrogens is 355 g/mol. The van der Waals surface area contributed by atoms with Gasteiger partial charge in [-0.05, 0) is 56.5 Å². The Morgan fingerprint density at radius 2 is 1.70 bits per heavy atom. The lowest BCUT2D eigenvalue weighted by molar-refractivity contribution is -0.173. The van der Waals surface area contributed by atoms with Crippen LogP contribution in [0.3, 0.4) is 0 Å². The lowest BCUT2D eigenvalue weighted by Gasteiger charge is -2.43.